The Morgan fingerprint density at radius 2 is 1.74 bits per heavy atom. The highest BCUT2D eigenvalue weighted by atomic mass is 16.6. The molecule has 19 heavy (non-hydrogen) atoms. The van der Waals surface area contributed by atoms with Crippen LogP contribution < -0.4 is 5.32 Å². The molecule has 0 fully saturated rings. The molecule has 0 aromatic carbocycles. The van der Waals surface area contributed by atoms with E-state index in [-0.39, 0.29) is 6.42 Å². The van der Waals surface area contributed by atoms with Crippen molar-refractivity contribution in [2.24, 2.45) is 0 Å². The summed E-state index contributed by atoms with van der Waals surface area (Å²) < 4.78 is 5.17. The van der Waals surface area contributed by atoms with E-state index in [1.54, 1.807) is 27.7 Å². The van der Waals surface area contributed by atoms with Crippen LogP contribution in [0.15, 0.2) is 0 Å². The normalized spacial score (nSPS) is 14.9. The van der Waals surface area contributed by atoms with Gasteiger partial charge < -0.3 is 20.1 Å². The Morgan fingerprint density at radius 3 is 2.11 bits per heavy atom. The number of nitrogens with one attached hydrogen (secondary N) is 1. The van der Waals surface area contributed by atoms with Crippen LogP contribution in [0.5, 0.6) is 0 Å². The van der Waals surface area contributed by atoms with Crippen molar-refractivity contribution in [1.82, 2.24) is 10.2 Å². The minimum Gasteiger partial charge on any atom is -0.481 e. The predicted molar refractivity (Wildman–Crippen MR) is 73.2 cm³/mol. The van der Waals surface area contributed by atoms with Gasteiger partial charge in [-0.3, -0.25) is 4.79 Å². The zero-order valence-electron chi connectivity index (χ0n) is 12.7. The lowest BCUT2D eigenvalue weighted by Gasteiger charge is -2.31. The smallest absolute Gasteiger partial charge is 0.408 e. The van der Waals surface area contributed by atoms with Gasteiger partial charge in [-0.1, -0.05) is 0 Å². The maximum absolute atomic E-state index is 11.8. The second-order valence-electron chi connectivity index (χ2n) is 6.31. The fourth-order valence-corrected chi connectivity index (χ4v) is 1.55. The van der Waals surface area contributed by atoms with Gasteiger partial charge in [0.2, 0.25) is 0 Å². The van der Waals surface area contributed by atoms with Gasteiger partial charge in [0, 0.05) is 0 Å². The zero-order chi connectivity index (χ0) is 15.3. The van der Waals surface area contributed by atoms with Gasteiger partial charge in [-0.25, -0.2) is 4.79 Å². The van der Waals surface area contributed by atoms with Crippen LogP contribution in [0, 0.1) is 0 Å². The van der Waals surface area contributed by atoms with E-state index in [9.17, 15) is 9.59 Å². The molecule has 0 spiro atoms. The first-order valence-corrected chi connectivity index (χ1v) is 6.31. The van der Waals surface area contributed by atoms with Gasteiger partial charge >= 0.3 is 12.1 Å². The number of hydrogen-bond acceptors (Lipinski definition) is 4. The molecule has 1 unspecified atom stereocenters. The number of rotatable bonds is 6. The molecule has 0 saturated carbocycles. The molecular formula is C13H26N2O4. The standard InChI is InChI=1S/C13H26N2O4/c1-12(2,3)19-11(18)14-13(4,9-10(16)17)7-8-15(5)6/h7-9H2,1-6H3,(H,14,18)(H,16,17). The van der Waals surface area contributed by atoms with Gasteiger partial charge in [-0.05, 0) is 54.8 Å². The molecule has 6 nitrogen and oxygen atoms in total. The first-order chi connectivity index (χ1) is 8.43. The fourth-order valence-electron chi connectivity index (χ4n) is 1.55. The Balaban J connectivity index is 4.66. The van der Waals surface area contributed by atoms with E-state index in [2.05, 4.69) is 5.32 Å². The monoisotopic (exact) mass is 274 g/mol. The fraction of sp³-hybridized carbons (Fsp3) is 0.846. The Labute approximate surface area is 115 Å². The summed E-state index contributed by atoms with van der Waals surface area (Å²) in [6.45, 7) is 7.69. The van der Waals surface area contributed by atoms with Crippen LogP contribution in [0.2, 0.25) is 0 Å². The molecule has 1 amide bonds. The maximum Gasteiger partial charge on any atom is 0.408 e. The number of nitrogens with zero attached hydrogens (tertiary/aromatic N) is 1. The lowest BCUT2D eigenvalue weighted by atomic mass is 9.93. The summed E-state index contributed by atoms with van der Waals surface area (Å²) in [5.41, 5.74) is -1.42. The molecule has 0 heterocycles. The van der Waals surface area contributed by atoms with Crippen LogP contribution in [-0.4, -0.2) is 53.8 Å². The van der Waals surface area contributed by atoms with Crippen LogP contribution >= 0.6 is 0 Å². The molecule has 1 atom stereocenters. The van der Waals surface area contributed by atoms with Gasteiger partial charge in [0.15, 0.2) is 0 Å². The Morgan fingerprint density at radius 1 is 1.21 bits per heavy atom. The van der Waals surface area contributed by atoms with Crippen LogP contribution in [0.3, 0.4) is 0 Å². The number of amides is 1. The summed E-state index contributed by atoms with van der Waals surface area (Å²) in [5.74, 6) is -0.947. The molecule has 0 saturated heterocycles. The van der Waals surface area contributed by atoms with Crippen molar-refractivity contribution in [3.63, 3.8) is 0 Å². The van der Waals surface area contributed by atoms with Crippen LogP contribution in [0.1, 0.15) is 40.5 Å². The highest BCUT2D eigenvalue weighted by molar-refractivity contribution is 5.72. The van der Waals surface area contributed by atoms with Crippen molar-refractivity contribution >= 4 is 12.1 Å². The molecule has 0 aliphatic heterocycles. The number of ether oxygens (including phenoxy) is 1. The molecular weight excluding hydrogens is 248 g/mol. The first kappa shape index (κ1) is 17.7. The Kier molecular flexibility index (Phi) is 6.29. The quantitative estimate of drug-likeness (QED) is 0.770. The predicted octanol–water partition coefficient (Wildman–Crippen LogP) is 1.70. The summed E-state index contributed by atoms with van der Waals surface area (Å²) in [7, 11) is 3.79. The molecule has 0 radical (unpaired) electrons. The summed E-state index contributed by atoms with van der Waals surface area (Å²) in [4.78, 5) is 24.6. The van der Waals surface area contributed by atoms with Crippen LogP contribution in [-0.2, 0) is 9.53 Å². The third kappa shape index (κ3) is 9.30. The summed E-state index contributed by atoms with van der Waals surface area (Å²) in [6.07, 6.45) is -0.193. The topological polar surface area (TPSA) is 78.9 Å². The number of carboxylic acids is 1. The van der Waals surface area contributed by atoms with E-state index in [4.69, 9.17) is 9.84 Å². The number of carbonyl (C=O) groups is 2. The van der Waals surface area contributed by atoms with Gasteiger partial charge in [0.1, 0.15) is 5.60 Å². The van der Waals surface area contributed by atoms with Gasteiger partial charge in [0.25, 0.3) is 0 Å². The second kappa shape index (κ2) is 6.75. The number of carbonyl (C=O) groups excluding carboxylic acids is 1. The van der Waals surface area contributed by atoms with Crippen molar-refractivity contribution in [1.29, 1.82) is 0 Å². The molecule has 0 aromatic rings. The van der Waals surface area contributed by atoms with Crippen molar-refractivity contribution < 1.29 is 19.4 Å². The summed E-state index contributed by atoms with van der Waals surface area (Å²) >= 11 is 0. The third-order valence-electron chi connectivity index (χ3n) is 2.45. The molecule has 2 N–H and O–H groups in total. The lowest BCUT2D eigenvalue weighted by molar-refractivity contribution is -0.138. The van der Waals surface area contributed by atoms with Gasteiger partial charge in [-0.15, -0.1) is 0 Å². The van der Waals surface area contributed by atoms with E-state index < -0.39 is 23.2 Å². The average Bonchev–Trinajstić information content (AvgIpc) is 2.09. The van der Waals surface area contributed by atoms with Gasteiger partial charge in [-0.2, -0.15) is 0 Å². The van der Waals surface area contributed by atoms with E-state index in [0.717, 1.165) is 0 Å². The molecule has 0 bridgehead atoms. The highest BCUT2D eigenvalue weighted by Gasteiger charge is 2.31. The van der Waals surface area contributed by atoms with Crippen LogP contribution in [0.25, 0.3) is 0 Å². The molecule has 0 aliphatic carbocycles. The third-order valence-corrected chi connectivity index (χ3v) is 2.45. The number of carboxylic acid groups (broad SMARTS) is 1. The van der Waals surface area contributed by atoms with Gasteiger partial charge in [0.05, 0.1) is 12.0 Å². The average molecular weight is 274 g/mol. The SMILES string of the molecule is CN(C)CCC(C)(CC(=O)O)NC(=O)OC(C)(C)C. The summed E-state index contributed by atoms with van der Waals surface area (Å²) in [5, 5.41) is 11.6. The minimum absolute atomic E-state index is 0.139. The largest absolute Gasteiger partial charge is 0.481 e. The zero-order valence-corrected chi connectivity index (χ0v) is 12.7. The Bertz CT molecular complexity index is 323. The molecule has 0 aromatic heterocycles. The highest BCUT2D eigenvalue weighted by Crippen LogP contribution is 2.17. The molecule has 112 valence electrons. The number of hydrogen-bond donors (Lipinski definition) is 2. The first-order valence-electron chi connectivity index (χ1n) is 6.31. The molecule has 0 rings (SSSR count). The molecule has 6 heteroatoms. The van der Waals surface area contributed by atoms with Crippen LogP contribution in [0.4, 0.5) is 4.79 Å². The Hall–Kier alpha value is -1.30. The van der Waals surface area contributed by atoms with Crippen molar-refractivity contribution in [2.45, 2.75) is 51.7 Å². The van der Waals surface area contributed by atoms with E-state index in [1.807, 2.05) is 19.0 Å². The van der Waals surface area contributed by atoms with E-state index >= 15 is 0 Å². The maximum atomic E-state index is 11.8. The van der Waals surface area contributed by atoms with Crippen molar-refractivity contribution in [3.05, 3.63) is 0 Å². The van der Waals surface area contributed by atoms with E-state index in [0.29, 0.717) is 13.0 Å². The van der Waals surface area contributed by atoms with Crippen molar-refractivity contribution in [3.8, 4) is 0 Å². The lowest BCUT2D eigenvalue weighted by Crippen LogP contribution is -2.50. The minimum atomic E-state index is -0.947. The number of aliphatic carboxylic acids is 1. The number of alkyl carbamates (subject to hydrolysis) is 1. The summed E-state index contributed by atoms with van der Waals surface area (Å²) in [6, 6.07) is 0. The second-order valence-corrected chi connectivity index (χ2v) is 6.31. The van der Waals surface area contributed by atoms with Crippen molar-refractivity contribution in [2.75, 3.05) is 20.6 Å². The van der Waals surface area contributed by atoms with E-state index in [1.165, 1.54) is 0 Å². The molecule has 0 aliphatic rings.